The highest BCUT2D eigenvalue weighted by molar-refractivity contribution is 6.08. The van der Waals surface area contributed by atoms with Crippen molar-refractivity contribution >= 4 is 27.9 Å². The second-order valence-electron chi connectivity index (χ2n) is 9.77. The highest BCUT2D eigenvalue weighted by atomic mass is 16.5. The zero-order chi connectivity index (χ0) is 26.2. The van der Waals surface area contributed by atoms with Crippen LogP contribution in [0.25, 0.3) is 33.1 Å². The van der Waals surface area contributed by atoms with Gasteiger partial charge in [-0.05, 0) is 57.2 Å². The second kappa shape index (κ2) is 10.0. The largest absolute Gasteiger partial charge is 0.461 e. The molecule has 1 saturated heterocycles. The van der Waals surface area contributed by atoms with Crippen molar-refractivity contribution in [2.24, 2.45) is 5.92 Å². The number of benzene rings is 1. The number of hydrogen-bond donors (Lipinski definition) is 0. The Bertz CT molecular complexity index is 1600. The number of carbonyl (C=O) groups excluding carboxylic acids is 1. The number of aromatic nitrogens is 4. The van der Waals surface area contributed by atoms with Gasteiger partial charge in [-0.3, -0.25) is 4.98 Å². The Labute approximate surface area is 220 Å². The summed E-state index contributed by atoms with van der Waals surface area (Å²) in [5.74, 6) is 0.659. The molecule has 0 bridgehead atoms. The maximum absolute atomic E-state index is 12.7. The molecule has 1 aromatic carbocycles. The van der Waals surface area contributed by atoms with E-state index in [1.54, 1.807) is 13.1 Å². The van der Waals surface area contributed by atoms with Gasteiger partial charge in [-0.25, -0.2) is 9.78 Å². The Morgan fingerprint density at radius 2 is 1.87 bits per heavy atom. The molecule has 0 spiro atoms. The Hall–Kier alpha value is -4.04. The standard InChI is InChI=1S/C30H30N4O4/c1-4-37-30(35)24-15-25-23(17-31-24)28-26(14-22(16-32-28)27-18(2)33-38-19(27)3)34(25)29(20-8-6-5-7-9-20)21-10-12-36-13-11-21/h5-9,14-17,21,29H,4,10-13H2,1-3H3/t29-/m0/s1. The predicted molar refractivity (Wildman–Crippen MR) is 144 cm³/mol. The molecule has 1 atom stereocenters. The Morgan fingerprint density at radius 1 is 1.08 bits per heavy atom. The fraction of sp³-hybridized carbons (Fsp3) is 0.333. The van der Waals surface area contributed by atoms with Crippen molar-refractivity contribution in [3.05, 3.63) is 77.6 Å². The molecule has 0 amide bonds. The van der Waals surface area contributed by atoms with E-state index in [0.717, 1.165) is 70.6 Å². The maximum Gasteiger partial charge on any atom is 0.356 e. The van der Waals surface area contributed by atoms with Gasteiger partial charge in [0.15, 0.2) is 0 Å². The molecule has 8 heteroatoms. The van der Waals surface area contributed by atoms with E-state index in [9.17, 15) is 4.79 Å². The SMILES string of the molecule is CCOC(=O)c1cc2c(cn1)c1ncc(-c3c(C)noc3C)cc1n2[C@@H](c1ccccc1)C1CCOCC1. The monoisotopic (exact) mass is 510 g/mol. The van der Waals surface area contributed by atoms with Crippen LogP contribution in [0.1, 0.15) is 53.3 Å². The molecule has 8 nitrogen and oxygen atoms in total. The van der Waals surface area contributed by atoms with Crippen LogP contribution in [0, 0.1) is 19.8 Å². The molecule has 0 aliphatic carbocycles. The van der Waals surface area contributed by atoms with E-state index in [-0.39, 0.29) is 11.7 Å². The molecular formula is C30H30N4O4. The highest BCUT2D eigenvalue weighted by Gasteiger charge is 2.31. The van der Waals surface area contributed by atoms with Gasteiger partial charge in [-0.2, -0.15) is 0 Å². The van der Waals surface area contributed by atoms with Gasteiger partial charge in [0.1, 0.15) is 11.5 Å². The number of nitrogens with zero attached hydrogens (tertiary/aromatic N) is 4. The normalized spacial score (nSPS) is 15.2. The summed E-state index contributed by atoms with van der Waals surface area (Å²) >= 11 is 0. The van der Waals surface area contributed by atoms with Crippen LogP contribution in [0.3, 0.4) is 0 Å². The lowest BCUT2D eigenvalue weighted by atomic mass is 9.86. The van der Waals surface area contributed by atoms with Gasteiger partial charge in [0, 0.05) is 42.1 Å². The smallest absolute Gasteiger partial charge is 0.356 e. The fourth-order valence-corrected chi connectivity index (χ4v) is 5.76. The van der Waals surface area contributed by atoms with Crippen molar-refractivity contribution in [2.75, 3.05) is 19.8 Å². The van der Waals surface area contributed by atoms with Crippen molar-refractivity contribution in [1.29, 1.82) is 0 Å². The van der Waals surface area contributed by atoms with Gasteiger partial charge in [0.25, 0.3) is 0 Å². The summed E-state index contributed by atoms with van der Waals surface area (Å²) in [5.41, 5.74) is 6.91. The summed E-state index contributed by atoms with van der Waals surface area (Å²) in [6.45, 7) is 7.39. The second-order valence-corrected chi connectivity index (χ2v) is 9.77. The predicted octanol–water partition coefficient (Wildman–Crippen LogP) is 6.05. The van der Waals surface area contributed by atoms with Crippen LogP contribution in [0.15, 0.2) is 59.4 Å². The lowest BCUT2D eigenvalue weighted by Crippen LogP contribution is -2.27. The highest BCUT2D eigenvalue weighted by Crippen LogP contribution is 2.41. The third-order valence-corrected chi connectivity index (χ3v) is 7.46. The van der Waals surface area contributed by atoms with Crippen LogP contribution in [-0.4, -0.2) is 45.5 Å². The summed E-state index contributed by atoms with van der Waals surface area (Å²) in [5, 5.41) is 5.05. The van der Waals surface area contributed by atoms with E-state index >= 15 is 0 Å². The van der Waals surface area contributed by atoms with Gasteiger partial charge in [0.05, 0.1) is 34.9 Å². The molecule has 0 saturated carbocycles. The third-order valence-electron chi connectivity index (χ3n) is 7.46. The number of aryl methyl sites for hydroxylation is 2. The van der Waals surface area contributed by atoms with Crippen molar-refractivity contribution in [2.45, 2.75) is 39.7 Å². The number of ether oxygens (including phenoxy) is 2. The van der Waals surface area contributed by atoms with Gasteiger partial charge in [0.2, 0.25) is 0 Å². The number of fused-ring (bicyclic) bond motifs is 3. The van der Waals surface area contributed by atoms with E-state index in [1.165, 1.54) is 5.56 Å². The first kappa shape index (κ1) is 24.3. The first-order chi connectivity index (χ1) is 18.6. The topological polar surface area (TPSA) is 92.3 Å². The summed E-state index contributed by atoms with van der Waals surface area (Å²) < 4.78 is 18.8. The van der Waals surface area contributed by atoms with Gasteiger partial charge in [-0.15, -0.1) is 0 Å². The quantitative estimate of drug-likeness (QED) is 0.257. The van der Waals surface area contributed by atoms with Gasteiger partial charge in [-0.1, -0.05) is 35.5 Å². The first-order valence-electron chi connectivity index (χ1n) is 13.1. The number of esters is 1. The lowest BCUT2D eigenvalue weighted by molar-refractivity contribution is 0.0519. The number of rotatable bonds is 6. The number of carbonyl (C=O) groups is 1. The van der Waals surface area contributed by atoms with E-state index in [2.05, 4.69) is 45.0 Å². The van der Waals surface area contributed by atoms with Gasteiger partial charge < -0.3 is 18.6 Å². The van der Waals surface area contributed by atoms with E-state index in [1.807, 2.05) is 32.2 Å². The Morgan fingerprint density at radius 3 is 2.58 bits per heavy atom. The molecule has 0 radical (unpaired) electrons. The molecule has 1 fully saturated rings. The van der Waals surface area contributed by atoms with Crippen molar-refractivity contribution in [3.8, 4) is 11.1 Å². The van der Waals surface area contributed by atoms with Crippen LogP contribution in [0.4, 0.5) is 0 Å². The summed E-state index contributed by atoms with van der Waals surface area (Å²) in [6, 6.07) is 14.6. The molecule has 194 valence electrons. The fourth-order valence-electron chi connectivity index (χ4n) is 5.76. The Kier molecular flexibility index (Phi) is 6.41. The van der Waals surface area contributed by atoms with Crippen molar-refractivity contribution in [1.82, 2.24) is 19.7 Å². The molecule has 0 N–H and O–H groups in total. The summed E-state index contributed by atoms with van der Waals surface area (Å²) in [4.78, 5) is 22.1. The minimum atomic E-state index is -0.432. The Balaban J connectivity index is 1.67. The van der Waals surface area contributed by atoms with Crippen LogP contribution >= 0.6 is 0 Å². The van der Waals surface area contributed by atoms with Crippen LogP contribution in [0.5, 0.6) is 0 Å². The maximum atomic E-state index is 12.7. The molecule has 38 heavy (non-hydrogen) atoms. The zero-order valence-electron chi connectivity index (χ0n) is 21.8. The zero-order valence-corrected chi connectivity index (χ0v) is 21.8. The average molecular weight is 511 g/mol. The number of pyridine rings is 2. The molecule has 4 aromatic heterocycles. The minimum Gasteiger partial charge on any atom is -0.461 e. The summed E-state index contributed by atoms with van der Waals surface area (Å²) in [6.07, 6.45) is 5.49. The van der Waals surface area contributed by atoms with Crippen molar-refractivity contribution < 1.29 is 18.8 Å². The molecule has 5 aromatic rings. The molecule has 1 aliphatic rings. The van der Waals surface area contributed by atoms with E-state index in [4.69, 9.17) is 19.0 Å². The van der Waals surface area contributed by atoms with Crippen LogP contribution < -0.4 is 0 Å². The third kappa shape index (κ3) is 4.15. The van der Waals surface area contributed by atoms with Crippen LogP contribution in [-0.2, 0) is 9.47 Å². The molecular weight excluding hydrogens is 480 g/mol. The summed E-state index contributed by atoms with van der Waals surface area (Å²) in [7, 11) is 0. The molecule has 5 heterocycles. The first-order valence-corrected chi connectivity index (χ1v) is 13.1. The molecule has 0 unspecified atom stereocenters. The van der Waals surface area contributed by atoms with Crippen LogP contribution in [0.2, 0.25) is 0 Å². The average Bonchev–Trinajstić information content (AvgIpc) is 3.45. The van der Waals surface area contributed by atoms with Gasteiger partial charge >= 0.3 is 5.97 Å². The minimum absolute atomic E-state index is 0.0132. The number of hydrogen-bond acceptors (Lipinski definition) is 7. The van der Waals surface area contributed by atoms with E-state index in [0.29, 0.717) is 12.5 Å². The lowest BCUT2D eigenvalue weighted by Gasteiger charge is -2.33. The van der Waals surface area contributed by atoms with E-state index < -0.39 is 5.97 Å². The van der Waals surface area contributed by atoms with Crippen molar-refractivity contribution in [3.63, 3.8) is 0 Å². The molecule has 6 rings (SSSR count). The molecule has 1 aliphatic heterocycles.